The van der Waals surface area contributed by atoms with Crippen LogP contribution in [-0.4, -0.2) is 47.5 Å². The fourth-order valence-corrected chi connectivity index (χ4v) is 3.13. The number of esters is 1. The zero-order valence-electron chi connectivity index (χ0n) is 12.6. The van der Waals surface area contributed by atoms with Gasteiger partial charge >= 0.3 is 5.97 Å². The van der Waals surface area contributed by atoms with Crippen LogP contribution in [0.4, 0.5) is 0 Å². The summed E-state index contributed by atoms with van der Waals surface area (Å²) >= 11 is 0. The van der Waals surface area contributed by atoms with Gasteiger partial charge in [0.05, 0.1) is 24.4 Å². The van der Waals surface area contributed by atoms with Gasteiger partial charge in [0.2, 0.25) is 0 Å². The molecule has 1 atom stereocenters. The normalized spacial score (nSPS) is 19.8. The highest BCUT2D eigenvalue weighted by atomic mass is 16.5. The SMILES string of the molecule is COC(=O)c1ccc2cnc(CC3CCCN(C)C3)n2c1. The molecular weight excluding hydrogens is 266 g/mol. The summed E-state index contributed by atoms with van der Waals surface area (Å²) in [5, 5.41) is 0. The van der Waals surface area contributed by atoms with Gasteiger partial charge in [-0.1, -0.05) is 0 Å². The fraction of sp³-hybridized carbons (Fsp3) is 0.500. The zero-order chi connectivity index (χ0) is 14.8. The van der Waals surface area contributed by atoms with Crippen molar-refractivity contribution < 1.29 is 9.53 Å². The molecule has 21 heavy (non-hydrogen) atoms. The van der Waals surface area contributed by atoms with Gasteiger partial charge in [-0.25, -0.2) is 9.78 Å². The predicted octanol–water partition coefficient (Wildman–Crippen LogP) is 2.01. The highest BCUT2D eigenvalue weighted by Crippen LogP contribution is 2.20. The molecule has 1 unspecified atom stereocenters. The van der Waals surface area contributed by atoms with Crippen LogP contribution in [0, 0.1) is 5.92 Å². The Morgan fingerprint density at radius 3 is 3.10 bits per heavy atom. The van der Waals surface area contributed by atoms with Crippen LogP contribution >= 0.6 is 0 Å². The molecule has 1 fully saturated rings. The first-order chi connectivity index (χ1) is 10.2. The lowest BCUT2D eigenvalue weighted by molar-refractivity contribution is 0.0600. The van der Waals surface area contributed by atoms with E-state index in [4.69, 9.17) is 4.74 Å². The Hall–Kier alpha value is -1.88. The number of pyridine rings is 1. The monoisotopic (exact) mass is 287 g/mol. The summed E-state index contributed by atoms with van der Waals surface area (Å²) in [6, 6.07) is 3.69. The molecule has 0 N–H and O–H groups in total. The molecule has 0 bridgehead atoms. The van der Waals surface area contributed by atoms with Gasteiger partial charge in [0.25, 0.3) is 0 Å². The number of nitrogens with zero attached hydrogens (tertiary/aromatic N) is 3. The summed E-state index contributed by atoms with van der Waals surface area (Å²) in [5.41, 5.74) is 1.58. The van der Waals surface area contributed by atoms with Gasteiger partial charge in [0.15, 0.2) is 0 Å². The molecule has 0 saturated carbocycles. The number of imidazole rings is 1. The fourth-order valence-electron chi connectivity index (χ4n) is 3.13. The van der Waals surface area contributed by atoms with Gasteiger partial charge in [-0.15, -0.1) is 0 Å². The lowest BCUT2D eigenvalue weighted by Gasteiger charge is -2.29. The van der Waals surface area contributed by atoms with Crippen molar-refractivity contribution >= 4 is 11.5 Å². The maximum Gasteiger partial charge on any atom is 0.339 e. The van der Waals surface area contributed by atoms with Crippen LogP contribution in [0.2, 0.25) is 0 Å². The van der Waals surface area contributed by atoms with Gasteiger partial charge in [-0.2, -0.15) is 0 Å². The van der Waals surface area contributed by atoms with E-state index in [9.17, 15) is 4.79 Å². The van der Waals surface area contributed by atoms with Gasteiger partial charge in [0.1, 0.15) is 5.82 Å². The van der Waals surface area contributed by atoms with Crippen LogP contribution in [0.25, 0.3) is 5.52 Å². The Labute approximate surface area is 124 Å². The van der Waals surface area contributed by atoms with E-state index in [-0.39, 0.29) is 5.97 Å². The molecule has 0 aliphatic carbocycles. The molecular formula is C16H21N3O2. The number of likely N-dealkylation sites (tertiary alicyclic amines) is 1. The molecule has 5 nitrogen and oxygen atoms in total. The third-order valence-electron chi connectivity index (χ3n) is 4.22. The van der Waals surface area contributed by atoms with Crippen LogP contribution in [-0.2, 0) is 11.2 Å². The summed E-state index contributed by atoms with van der Waals surface area (Å²) in [6.07, 6.45) is 7.13. The van der Waals surface area contributed by atoms with Gasteiger partial charge < -0.3 is 14.0 Å². The number of methoxy groups -OCH3 is 1. The molecule has 0 radical (unpaired) electrons. The van der Waals surface area contributed by atoms with Crippen molar-refractivity contribution in [3.05, 3.63) is 35.9 Å². The molecule has 0 spiro atoms. The summed E-state index contributed by atoms with van der Waals surface area (Å²) in [7, 11) is 3.57. The number of carbonyl (C=O) groups excluding carboxylic acids is 1. The van der Waals surface area contributed by atoms with Crippen molar-refractivity contribution in [2.75, 3.05) is 27.2 Å². The molecule has 1 saturated heterocycles. The lowest BCUT2D eigenvalue weighted by Crippen LogP contribution is -2.33. The molecule has 1 aliphatic heterocycles. The minimum atomic E-state index is -0.311. The predicted molar refractivity (Wildman–Crippen MR) is 80.5 cm³/mol. The largest absolute Gasteiger partial charge is 0.465 e. The molecule has 3 heterocycles. The lowest BCUT2D eigenvalue weighted by atomic mass is 9.95. The zero-order valence-corrected chi connectivity index (χ0v) is 12.6. The van der Waals surface area contributed by atoms with E-state index in [2.05, 4.69) is 16.9 Å². The second-order valence-electron chi connectivity index (χ2n) is 5.85. The highest BCUT2D eigenvalue weighted by molar-refractivity contribution is 5.89. The number of rotatable bonds is 3. The molecule has 5 heteroatoms. The van der Waals surface area contributed by atoms with E-state index in [1.165, 1.54) is 26.5 Å². The average Bonchev–Trinajstić information content (AvgIpc) is 2.89. The third kappa shape index (κ3) is 2.93. The van der Waals surface area contributed by atoms with Crippen LogP contribution in [0.5, 0.6) is 0 Å². The molecule has 0 amide bonds. The van der Waals surface area contributed by atoms with Crippen molar-refractivity contribution in [1.29, 1.82) is 0 Å². The van der Waals surface area contributed by atoms with Crippen LogP contribution < -0.4 is 0 Å². The minimum Gasteiger partial charge on any atom is -0.465 e. The summed E-state index contributed by atoms with van der Waals surface area (Å²) in [4.78, 5) is 18.6. The Bertz CT molecular complexity index is 650. The topological polar surface area (TPSA) is 46.8 Å². The van der Waals surface area contributed by atoms with E-state index < -0.39 is 0 Å². The second kappa shape index (κ2) is 5.85. The van der Waals surface area contributed by atoms with Crippen LogP contribution in [0.15, 0.2) is 24.5 Å². The first-order valence-electron chi connectivity index (χ1n) is 7.40. The van der Waals surface area contributed by atoms with Crippen LogP contribution in [0.1, 0.15) is 29.0 Å². The number of fused-ring (bicyclic) bond motifs is 1. The summed E-state index contributed by atoms with van der Waals surface area (Å²) in [5.74, 6) is 1.35. The number of carbonyl (C=O) groups is 1. The average molecular weight is 287 g/mol. The van der Waals surface area contributed by atoms with Gasteiger partial charge in [-0.3, -0.25) is 0 Å². The molecule has 112 valence electrons. The van der Waals surface area contributed by atoms with Crippen molar-refractivity contribution in [3.8, 4) is 0 Å². The molecule has 3 rings (SSSR count). The standard InChI is InChI=1S/C16H21N3O2/c1-18-7-3-4-12(10-18)8-15-17-9-14-6-5-13(11-19(14)15)16(20)21-2/h5-6,9,11-12H,3-4,7-8,10H2,1-2H3. The Morgan fingerprint density at radius 2 is 2.33 bits per heavy atom. The number of piperidine rings is 1. The molecule has 0 aromatic carbocycles. The number of hydrogen-bond donors (Lipinski definition) is 0. The maximum absolute atomic E-state index is 11.7. The molecule has 2 aromatic heterocycles. The minimum absolute atomic E-state index is 0.311. The van der Waals surface area contributed by atoms with Crippen molar-refractivity contribution in [1.82, 2.24) is 14.3 Å². The van der Waals surface area contributed by atoms with Gasteiger partial charge in [0, 0.05) is 19.2 Å². The van der Waals surface area contributed by atoms with Gasteiger partial charge in [-0.05, 0) is 44.5 Å². The van der Waals surface area contributed by atoms with E-state index in [1.807, 2.05) is 22.9 Å². The van der Waals surface area contributed by atoms with Crippen LogP contribution in [0.3, 0.4) is 0 Å². The first kappa shape index (κ1) is 14.1. The smallest absolute Gasteiger partial charge is 0.339 e. The Morgan fingerprint density at radius 1 is 1.48 bits per heavy atom. The first-order valence-corrected chi connectivity index (χ1v) is 7.40. The van der Waals surface area contributed by atoms with Crippen molar-refractivity contribution in [2.45, 2.75) is 19.3 Å². The molecule has 1 aliphatic rings. The van der Waals surface area contributed by atoms with E-state index in [0.717, 1.165) is 24.3 Å². The summed E-state index contributed by atoms with van der Waals surface area (Å²) < 4.78 is 6.80. The van der Waals surface area contributed by atoms with Crippen molar-refractivity contribution in [2.24, 2.45) is 5.92 Å². The maximum atomic E-state index is 11.7. The number of hydrogen-bond acceptors (Lipinski definition) is 4. The van der Waals surface area contributed by atoms with E-state index in [1.54, 1.807) is 6.07 Å². The highest BCUT2D eigenvalue weighted by Gasteiger charge is 2.19. The number of aromatic nitrogens is 2. The van der Waals surface area contributed by atoms with E-state index in [0.29, 0.717) is 11.5 Å². The van der Waals surface area contributed by atoms with Crippen molar-refractivity contribution in [3.63, 3.8) is 0 Å². The molecule has 2 aromatic rings. The van der Waals surface area contributed by atoms with E-state index >= 15 is 0 Å². The third-order valence-corrected chi connectivity index (χ3v) is 4.22. The summed E-state index contributed by atoms with van der Waals surface area (Å²) in [6.45, 7) is 2.30. The quantitative estimate of drug-likeness (QED) is 0.810. The Balaban J connectivity index is 1.86. The second-order valence-corrected chi connectivity index (χ2v) is 5.85. The Kier molecular flexibility index (Phi) is 3.92. The number of ether oxygens (including phenoxy) is 1.